The van der Waals surface area contributed by atoms with E-state index in [1.807, 2.05) is 24.3 Å². The zero-order valence-electron chi connectivity index (χ0n) is 11.9. The summed E-state index contributed by atoms with van der Waals surface area (Å²) in [5.74, 6) is 1.12. The molecule has 22 heavy (non-hydrogen) atoms. The highest BCUT2D eigenvalue weighted by Gasteiger charge is 2.11. The lowest BCUT2D eigenvalue weighted by Gasteiger charge is -2.02. The quantitative estimate of drug-likeness (QED) is 0.438. The first-order valence-electron chi connectivity index (χ1n) is 6.63. The average Bonchev–Trinajstić information content (AvgIpc) is 3.15. The van der Waals surface area contributed by atoms with Gasteiger partial charge in [-0.2, -0.15) is 0 Å². The third-order valence-electron chi connectivity index (χ3n) is 3.13. The molecule has 0 spiro atoms. The van der Waals surface area contributed by atoms with Crippen LogP contribution in [0.15, 0.2) is 47.7 Å². The lowest BCUT2D eigenvalue weighted by Crippen LogP contribution is -2.36. The number of aromatic amines is 2. The van der Waals surface area contributed by atoms with Gasteiger partial charge in [-0.3, -0.25) is 15.1 Å². The number of guanidine groups is 1. The third-order valence-corrected chi connectivity index (χ3v) is 3.13. The molecule has 7 heteroatoms. The van der Waals surface area contributed by atoms with Crippen LogP contribution in [0.4, 0.5) is 0 Å². The van der Waals surface area contributed by atoms with E-state index in [-0.39, 0.29) is 11.9 Å². The molecule has 1 amide bonds. The second-order valence-corrected chi connectivity index (χ2v) is 4.64. The van der Waals surface area contributed by atoms with Gasteiger partial charge in [-0.25, -0.2) is 0 Å². The summed E-state index contributed by atoms with van der Waals surface area (Å²) in [6.45, 7) is 0. The fourth-order valence-electron chi connectivity index (χ4n) is 2.04. The number of amides is 1. The van der Waals surface area contributed by atoms with Crippen molar-refractivity contribution in [3.63, 3.8) is 0 Å². The zero-order valence-corrected chi connectivity index (χ0v) is 11.9. The maximum atomic E-state index is 12.0. The number of carbonyl (C=O) groups is 1. The minimum Gasteiger partial charge on any atom is -0.456 e. The fraction of sp³-hybridized carbons (Fsp3) is 0.0667. The summed E-state index contributed by atoms with van der Waals surface area (Å²) in [6.07, 6.45) is 3.54. The smallest absolute Gasteiger partial charge is 0.274 e. The normalized spacial score (nSPS) is 11.6. The Morgan fingerprint density at radius 3 is 2.86 bits per heavy atom. The van der Waals surface area contributed by atoms with Crippen LogP contribution in [0.5, 0.6) is 11.5 Å². The van der Waals surface area contributed by atoms with Crippen LogP contribution in [-0.2, 0) is 0 Å². The number of benzene rings is 1. The van der Waals surface area contributed by atoms with Crippen molar-refractivity contribution >= 4 is 22.8 Å². The second kappa shape index (κ2) is 5.65. The van der Waals surface area contributed by atoms with Gasteiger partial charge in [-0.15, -0.1) is 0 Å². The number of nitrogens with zero attached hydrogens (tertiary/aromatic N) is 1. The Labute approximate surface area is 126 Å². The third kappa shape index (κ3) is 2.78. The number of hydrogen-bond acceptors (Lipinski definition) is 3. The first-order valence-corrected chi connectivity index (χ1v) is 6.63. The predicted octanol–water partition coefficient (Wildman–Crippen LogP) is 1.96. The van der Waals surface area contributed by atoms with Crippen molar-refractivity contribution in [1.29, 1.82) is 0 Å². The van der Waals surface area contributed by atoms with E-state index in [2.05, 4.69) is 20.3 Å². The number of ether oxygens (including phenoxy) is 1. The molecule has 0 saturated heterocycles. The molecule has 0 aliphatic heterocycles. The SMILES string of the molecule is CN=C(N)NC(=O)c1cc2ccc(Oc3cc[nH]c3)cc2[nH]1. The van der Waals surface area contributed by atoms with Gasteiger partial charge in [0.25, 0.3) is 5.91 Å². The van der Waals surface area contributed by atoms with Gasteiger partial charge in [0, 0.05) is 36.4 Å². The molecule has 0 aliphatic rings. The summed E-state index contributed by atoms with van der Waals surface area (Å²) in [4.78, 5) is 21.6. The highest BCUT2D eigenvalue weighted by atomic mass is 16.5. The van der Waals surface area contributed by atoms with E-state index in [1.54, 1.807) is 18.5 Å². The second-order valence-electron chi connectivity index (χ2n) is 4.64. The Morgan fingerprint density at radius 1 is 1.27 bits per heavy atom. The van der Waals surface area contributed by atoms with Crippen molar-refractivity contribution in [2.45, 2.75) is 0 Å². The summed E-state index contributed by atoms with van der Waals surface area (Å²) in [5.41, 5.74) is 6.69. The van der Waals surface area contributed by atoms with Crippen LogP contribution >= 0.6 is 0 Å². The molecule has 0 aliphatic carbocycles. The Balaban J connectivity index is 1.85. The Bertz CT molecular complexity index is 833. The van der Waals surface area contributed by atoms with Crippen molar-refractivity contribution in [2.24, 2.45) is 10.7 Å². The van der Waals surface area contributed by atoms with E-state index in [4.69, 9.17) is 10.5 Å². The molecule has 7 nitrogen and oxygen atoms in total. The Kier molecular flexibility index (Phi) is 3.53. The molecule has 0 atom stereocenters. The van der Waals surface area contributed by atoms with Gasteiger partial charge in [0.1, 0.15) is 17.2 Å². The summed E-state index contributed by atoms with van der Waals surface area (Å²) >= 11 is 0. The van der Waals surface area contributed by atoms with Crippen molar-refractivity contribution < 1.29 is 9.53 Å². The number of nitrogens with one attached hydrogen (secondary N) is 3. The number of hydrogen-bond donors (Lipinski definition) is 4. The van der Waals surface area contributed by atoms with E-state index in [1.165, 1.54) is 7.05 Å². The van der Waals surface area contributed by atoms with Gasteiger partial charge in [-0.1, -0.05) is 0 Å². The van der Waals surface area contributed by atoms with Gasteiger partial charge >= 0.3 is 0 Å². The number of fused-ring (bicyclic) bond motifs is 1. The Morgan fingerprint density at radius 2 is 2.14 bits per heavy atom. The van der Waals surface area contributed by atoms with Crippen molar-refractivity contribution in [1.82, 2.24) is 15.3 Å². The number of nitrogens with two attached hydrogens (primary N) is 1. The molecule has 112 valence electrons. The first kappa shape index (κ1) is 13.7. The lowest BCUT2D eigenvalue weighted by molar-refractivity contribution is 0.0972. The largest absolute Gasteiger partial charge is 0.456 e. The molecule has 3 aromatic rings. The van der Waals surface area contributed by atoms with Crippen LogP contribution in [0, 0.1) is 0 Å². The van der Waals surface area contributed by atoms with Crippen LogP contribution in [0.1, 0.15) is 10.5 Å². The number of rotatable bonds is 3. The fourth-order valence-corrected chi connectivity index (χ4v) is 2.04. The van der Waals surface area contributed by atoms with Crippen molar-refractivity contribution in [3.8, 4) is 11.5 Å². The van der Waals surface area contributed by atoms with Crippen LogP contribution < -0.4 is 15.8 Å². The lowest BCUT2D eigenvalue weighted by atomic mass is 10.2. The Hall–Kier alpha value is -3.22. The standard InChI is InChI=1S/C15H15N5O2/c1-17-15(16)20-14(21)13-6-9-2-3-10(7-12(9)19-13)22-11-4-5-18-8-11/h2-8,18-19H,1H3,(H3,16,17,20,21). The number of aromatic nitrogens is 2. The molecule has 0 unspecified atom stereocenters. The van der Waals surface area contributed by atoms with E-state index in [0.29, 0.717) is 11.4 Å². The molecule has 2 heterocycles. The van der Waals surface area contributed by atoms with Gasteiger partial charge in [0.15, 0.2) is 5.96 Å². The van der Waals surface area contributed by atoms with Gasteiger partial charge in [0.05, 0.1) is 0 Å². The molecule has 0 bridgehead atoms. The summed E-state index contributed by atoms with van der Waals surface area (Å²) in [7, 11) is 1.51. The minimum absolute atomic E-state index is 0.0696. The number of H-pyrrole nitrogens is 2. The maximum Gasteiger partial charge on any atom is 0.274 e. The molecule has 0 fully saturated rings. The van der Waals surface area contributed by atoms with E-state index >= 15 is 0 Å². The van der Waals surface area contributed by atoms with Crippen LogP contribution in [0.25, 0.3) is 10.9 Å². The van der Waals surface area contributed by atoms with Gasteiger partial charge < -0.3 is 20.4 Å². The number of aliphatic imine (C=N–C) groups is 1. The topological polar surface area (TPSA) is 108 Å². The van der Waals surface area contributed by atoms with Crippen molar-refractivity contribution in [2.75, 3.05) is 7.05 Å². The monoisotopic (exact) mass is 297 g/mol. The highest BCUT2D eigenvalue weighted by Crippen LogP contribution is 2.25. The van der Waals surface area contributed by atoms with E-state index < -0.39 is 0 Å². The molecule has 2 aromatic heterocycles. The summed E-state index contributed by atoms with van der Waals surface area (Å²) < 4.78 is 5.69. The highest BCUT2D eigenvalue weighted by molar-refractivity contribution is 6.06. The molecular weight excluding hydrogens is 282 g/mol. The van der Waals surface area contributed by atoms with Crippen LogP contribution in [0.2, 0.25) is 0 Å². The summed E-state index contributed by atoms with van der Waals surface area (Å²) in [5, 5.41) is 3.38. The van der Waals surface area contributed by atoms with Crippen LogP contribution in [0.3, 0.4) is 0 Å². The number of carbonyl (C=O) groups excluding carboxylic acids is 1. The molecule has 1 aromatic carbocycles. The van der Waals surface area contributed by atoms with Gasteiger partial charge in [-0.05, 0) is 24.3 Å². The molecule has 0 radical (unpaired) electrons. The molecule has 0 saturated carbocycles. The first-order chi connectivity index (χ1) is 10.7. The zero-order chi connectivity index (χ0) is 15.5. The summed E-state index contributed by atoms with van der Waals surface area (Å²) in [6, 6.07) is 9.11. The molecular formula is C15H15N5O2. The van der Waals surface area contributed by atoms with Crippen LogP contribution in [-0.4, -0.2) is 28.9 Å². The van der Waals surface area contributed by atoms with E-state index in [9.17, 15) is 4.79 Å². The molecule has 5 N–H and O–H groups in total. The predicted molar refractivity (Wildman–Crippen MR) is 84.2 cm³/mol. The van der Waals surface area contributed by atoms with E-state index in [0.717, 1.165) is 16.7 Å². The maximum absolute atomic E-state index is 12.0. The average molecular weight is 297 g/mol. The van der Waals surface area contributed by atoms with Crippen molar-refractivity contribution in [3.05, 3.63) is 48.4 Å². The van der Waals surface area contributed by atoms with Gasteiger partial charge in [0.2, 0.25) is 0 Å². The molecule has 3 rings (SSSR count). The minimum atomic E-state index is -0.340.